The Morgan fingerprint density at radius 2 is 2.00 bits per heavy atom. The number of methoxy groups -OCH3 is 1. The van der Waals surface area contributed by atoms with Gasteiger partial charge in [0.15, 0.2) is 0 Å². The second kappa shape index (κ2) is 4.39. The molecule has 1 aromatic carbocycles. The van der Waals surface area contributed by atoms with Gasteiger partial charge in [0.25, 0.3) is 0 Å². The lowest BCUT2D eigenvalue weighted by molar-refractivity contribution is 0.413. The molecule has 0 aromatic heterocycles. The molecule has 1 fully saturated rings. The molecule has 1 heterocycles. The summed E-state index contributed by atoms with van der Waals surface area (Å²) >= 11 is 3.16. The predicted octanol–water partition coefficient (Wildman–Crippen LogP) is 3.20. The van der Waals surface area contributed by atoms with E-state index in [0.29, 0.717) is 4.47 Å². The van der Waals surface area contributed by atoms with Crippen LogP contribution in [0.25, 0.3) is 0 Å². The smallest absolute Gasteiger partial charge is 0.143 e. The van der Waals surface area contributed by atoms with E-state index in [1.54, 1.807) is 13.2 Å². The Kier molecular flexibility index (Phi) is 3.14. The van der Waals surface area contributed by atoms with Crippen LogP contribution in [0.1, 0.15) is 12.8 Å². The van der Waals surface area contributed by atoms with Crippen LogP contribution in [0, 0.1) is 5.82 Å². The molecule has 0 radical (unpaired) electrons. The van der Waals surface area contributed by atoms with Crippen molar-refractivity contribution < 1.29 is 9.13 Å². The van der Waals surface area contributed by atoms with Gasteiger partial charge in [-0.25, -0.2) is 4.39 Å². The van der Waals surface area contributed by atoms with Crippen molar-refractivity contribution in [2.75, 3.05) is 25.1 Å². The van der Waals surface area contributed by atoms with Crippen LogP contribution in [0.2, 0.25) is 0 Å². The van der Waals surface area contributed by atoms with Gasteiger partial charge in [-0.2, -0.15) is 0 Å². The van der Waals surface area contributed by atoms with E-state index in [-0.39, 0.29) is 5.82 Å². The molecule has 4 heteroatoms. The number of nitrogens with zero attached hydrogens (tertiary/aromatic N) is 1. The SMILES string of the molecule is COc1cc(Br)c(F)cc1N1CCCC1. The van der Waals surface area contributed by atoms with Crippen molar-refractivity contribution in [1.29, 1.82) is 0 Å². The molecule has 0 bridgehead atoms. The quantitative estimate of drug-likeness (QED) is 0.821. The Labute approximate surface area is 97.2 Å². The molecule has 82 valence electrons. The fourth-order valence-corrected chi connectivity index (χ4v) is 2.21. The van der Waals surface area contributed by atoms with Crippen LogP contribution < -0.4 is 9.64 Å². The Morgan fingerprint density at radius 1 is 1.33 bits per heavy atom. The van der Waals surface area contributed by atoms with Gasteiger partial charge in [0.2, 0.25) is 0 Å². The summed E-state index contributed by atoms with van der Waals surface area (Å²) in [5.74, 6) is 0.489. The summed E-state index contributed by atoms with van der Waals surface area (Å²) in [6, 6.07) is 3.22. The fraction of sp³-hybridized carbons (Fsp3) is 0.455. The Hall–Kier alpha value is -0.770. The largest absolute Gasteiger partial charge is 0.495 e. The van der Waals surface area contributed by atoms with Gasteiger partial charge in [-0.1, -0.05) is 0 Å². The number of hydrogen-bond acceptors (Lipinski definition) is 2. The van der Waals surface area contributed by atoms with Crippen molar-refractivity contribution in [2.45, 2.75) is 12.8 Å². The van der Waals surface area contributed by atoms with Gasteiger partial charge in [0.05, 0.1) is 17.3 Å². The van der Waals surface area contributed by atoms with Crippen molar-refractivity contribution in [3.63, 3.8) is 0 Å². The van der Waals surface area contributed by atoms with Crippen LogP contribution in [0.5, 0.6) is 5.75 Å². The molecule has 0 N–H and O–H groups in total. The minimum absolute atomic E-state index is 0.238. The molecule has 0 amide bonds. The molecule has 2 nitrogen and oxygen atoms in total. The Morgan fingerprint density at radius 3 is 2.60 bits per heavy atom. The van der Waals surface area contributed by atoms with Gasteiger partial charge in [-0.15, -0.1) is 0 Å². The molecular formula is C11H13BrFNO. The number of halogens is 2. The van der Waals surface area contributed by atoms with E-state index in [2.05, 4.69) is 20.8 Å². The van der Waals surface area contributed by atoms with E-state index in [1.807, 2.05) is 0 Å². The number of benzene rings is 1. The van der Waals surface area contributed by atoms with Crippen molar-refractivity contribution >= 4 is 21.6 Å². The maximum Gasteiger partial charge on any atom is 0.143 e. The first-order chi connectivity index (χ1) is 7.22. The summed E-state index contributed by atoms with van der Waals surface area (Å²) in [5.41, 5.74) is 0.857. The first-order valence-corrected chi connectivity index (χ1v) is 5.79. The standard InChI is InChI=1S/C11H13BrFNO/c1-15-11-6-8(12)9(13)7-10(11)14-4-2-3-5-14/h6-7H,2-5H2,1H3. The number of rotatable bonds is 2. The normalized spacial score (nSPS) is 15.8. The van der Waals surface area contributed by atoms with Crippen molar-refractivity contribution in [3.05, 3.63) is 22.4 Å². The van der Waals surface area contributed by atoms with E-state index >= 15 is 0 Å². The molecule has 1 aliphatic rings. The van der Waals surface area contributed by atoms with Crippen molar-refractivity contribution in [2.24, 2.45) is 0 Å². The van der Waals surface area contributed by atoms with Gasteiger partial charge in [0, 0.05) is 19.2 Å². The molecular weight excluding hydrogens is 261 g/mol. The maximum atomic E-state index is 13.4. The first-order valence-electron chi connectivity index (χ1n) is 5.00. The number of ether oxygens (including phenoxy) is 1. The zero-order chi connectivity index (χ0) is 10.8. The molecule has 1 aromatic rings. The Balaban J connectivity index is 2.39. The summed E-state index contributed by atoms with van der Waals surface area (Å²) in [7, 11) is 1.61. The van der Waals surface area contributed by atoms with E-state index in [0.717, 1.165) is 24.5 Å². The van der Waals surface area contributed by atoms with E-state index in [4.69, 9.17) is 4.74 Å². The zero-order valence-electron chi connectivity index (χ0n) is 8.59. The third-order valence-corrected chi connectivity index (χ3v) is 3.28. The summed E-state index contributed by atoms with van der Waals surface area (Å²) < 4.78 is 19.1. The van der Waals surface area contributed by atoms with Gasteiger partial charge < -0.3 is 9.64 Å². The lowest BCUT2D eigenvalue weighted by Gasteiger charge is -2.20. The van der Waals surface area contributed by atoms with Crippen LogP contribution in [0.4, 0.5) is 10.1 Å². The third kappa shape index (κ3) is 2.09. The lowest BCUT2D eigenvalue weighted by atomic mass is 10.2. The molecule has 15 heavy (non-hydrogen) atoms. The summed E-state index contributed by atoms with van der Waals surface area (Å²) in [6.07, 6.45) is 2.33. The molecule has 0 spiro atoms. The van der Waals surface area contributed by atoms with Crippen molar-refractivity contribution in [1.82, 2.24) is 0 Å². The highest BCUT2D eigenvalue weighted by Crippen LogP contribution is 2.34. The van der Waals surface area contributed by atoms with Crippen LogP contribution in [0.3, 0.4) is 0 Å². The molecule has 0 atom stereocenters. The minimum Gasteiger partial charge on any atom is -0.495 e. The summed E-state index contributed by atoms with van der Waals surface area (Å²) in [4.78, 5) is 2.16. The average molecular weight is 274 g/mol. The van der Waals surface area contributed by atoms with E-state index in [9.17, 15) is 4.39 Å². The first kappa shape index (κ1) is 10.7. The number of anilines is 1. The zero-order valence-corrected chi connectivity index (χ0v) is 10.2. The minimum atomic E-state index is -0.238. The van der Waals surface area contributed by atoms with Gasteiger partial charge in [0.1, 0.15) is 11.6 Å². The summed E-state index contributed by atoms with van der Waals surface area (Å²) in [5, 5.41) is 0. The Bertz CT molecular complexity index is 364. The second-order valence-corrected chi connectivity index (χ2v) is 4.49. The molecule has 0 saturated carbocycles. The summed E-state index contributed by atoms with van der Waals surface area (Å²) in [6.45, 7) is 1.97. The highest BCUT2D eigenvalue weighted by molar-refractivity contribution is 9.10. The van der Waals surface area contributed by atoms with Crippen LogP contribution >= 0.6 is 15.9 Å². The molecule has 1 saturated heterocycles. The third-order valence-electron chi connectivity index (χ3n) is 2.67. The van der Waals surface area contributed by atoms with Gasteiger partial charge >= 0.3 is 0 Å². The second-order valence-electron chi connectivity index (χ2n) is 3.63. The lowest BCUT2D eigenvalue weighted by Crippen LogP contribution is -2.18. The van der Waals surface area contributed by atoms with Gasteiger partial charge in [-0.05, 0) is 34.8 Å². The molecule has 2 rings (SSSR count). The molecule has 1 aliphatic heterocycles. The number of hydrogen-bond donors (Lipinski definition) is 0. The van der Waals surface area contributed by atoms with Gasteiger partial charge in [-0.3, -0.25) is 0 Å². The highest BCUT2D eigenvalue weighted by atomic mass is 79.9. The van der Waals surface area contributed by atoms with Crippen molar-refractivity contribution in [3.8, 4) is 5.75 Å². The molecule has 0 aliphatic carbocycles. The molecule has 0 unspecified atom stereocenters. The maximum absolute atomic E-state index is 13.4. The van der Waals surface area contributed by atoms with Crippen LogP contribution in [0.15, 0.2) is 16.6 Å². The van der Waals surface area contributed by atoms with E-state index < -0.39 is 0 Å². The monoisotopic (exact) mass is 273 g/mol. The predicted molar refractivity (Wildman–Crippen MR) is 62.1 cm³/mol. The van der Waals surface area contributed by atoms with Crippen LogP contribution in [-0.2, 0) is 0 Å². The average Bonchev–Trinajstić information content (AvgIpc) is 2.74. The van der Waals surface area contributed by atoms with E-state index in [1.165, 1.54) is 18.9 Å². The topological polar surface area (TPSA) is 12.5 Å². The fourth-order valence-electron chi connectivity index (χ4n) is 1.89. The van der Waals surface area contributed by atoms with Crippen LogP contribution in [-0.4, -0.2) is 20.2 Å². The highest BCUT2D eigenvalue weighted by Gasteiger charge is 2.18.